The topological polar surface area (TPSA) is 118 Å². The maximum absolute atomic E-state index is 12.4. The maximum atomic E-state index is 12.4. The van der Waals surface area contributed by atoms with E-state index in [1.54, 1.807) is 0 Å². The molecule has 3 N–H and O–H groups in total. The largest absolute Gasteiger partial charge is 0.378 e. The molecule has 0 unspecified atom stereocenters. The Kier molecular flexibility index (Phi) is 9.10. The summed E-state index contributed by atoms with van der Waals surface area (Å²) in [6.07, 6.45) is 2.88. The van der Waals surface area contributed by atoms with E-state index in [9.17, 15) is 14.4 Å². The van der Waals surface area contributed by atoms with E-state index in [0.717, 1.165) is 22.5 Å². The van der Waals surface area contributed by atoms with Gasteiger partial charge in [0, 0.05) is 46.5 Å². The molecule has 0 heterocycles. The summed E-state index contributed by atoms with van der Waals surface area (Å²) in [6.45, 7) is 1.21. The van der Waals surface area contributed by atoms with Crippen molar-refractivity contribution in [3.8, 4) is 0 Å². The molecule has 0 aliphatic heterocycles. The van der Waals surface area contributed by atoms with Gasteiger partial charge in [-0.15, -0.1) is 0 Å². The Labute approximate surface area is 193 Å². The Morgan fingerprint density at radius 1 is 0.727 bits per heavy atom. The average Bonchev–Trinajstić information content (AvgIpc) is 2.77. The SMILES string of the molecule is CC(=O)NC(C(=O)N/N=C\c1ccc(N(C)C)cc1)C(=O)N/N=C\c1ccc(N(C)C)cc1. The van der Waals surface area contributed by atoms with E-state index in [1.165, 1.54) is 19.4 Å². The van der Waals surface area contributed by atoms with Crippen molar-refractivity contribution in [3.05, 3.63) is 59.7 Å². The zero-order chi connectivity index (χ0) is 24.4. The summed E-state index contributed by atoms with van der Waals surface area (Å²) in [6, 6.07) is 13.5. The number of carbonyl (C=O) groups excluding carboxylic acids is 3. The third-order valence-corrected chi connectivity index (χ3v) is 4.47. The van der Waals surface area contributed by atoms with Crippen molar-refractivity contribution in [2.75, 3.05) is 38.0 Å². The lowest BCUT2D eigenvalue weighted by atomic mass is 10.2. The number of amides is 3. The molecule has 0 fully saturated rings. The van der Waals surface area contributed by atoms with E-state index >= 15 is 0 Å². The Balaban J connectivity index is 1.97. The molecule has 0 saturated carbocycles. The molecule has 0 spiro atoms. The van der Waals surface area contributed by atoms with Crippen LogP contribution in [0.15, 0.2) is 58.7 Å². The maximum Gasteiger partial charge on any atom is 0.272 e. The van der Waals surface area contributed by atoms with Crippen LogP contribution in [0.5, 0.6) is 0 Å². The lowest BCUT2D eigenvalue weighted by Gasteiger charge is -2.14. The van der Waals surface area contributed by atoms with Crippen LogP contribution in [0.25, 0.3) is 0 Å². The summed E-state index contributed by atoms with van der Waals surface area (Å²) >= 11 is 0. The molecule has 2 aromatic carbocycles. The molecular formula is C23H29N7O3. The molecule has 10 nitrogen and oxygen atoms in total. The minimum Gasteiger partial charge on any atom is -0.378 e. The monoisotopic (exact) mass is 451 g/mol. The third-order valence-electron chi connectivity index (χ3n) is 4.47. The van der Waals surface area contributed by atoms with E-state index in [4.69, 9.17) is 0 Å². The summed E-state index contributed by atoms with van der Waals surface area (Å²) in [5.41, 5.74) is 8.09. The molecular weight excluding hydrogens is 422 g/mol. The molecule has 2 aromatic rings. The van der Waals surface area contributed by atoms with Crippen molar-refractivity contribution < 1.29 is 14.4 Å². The number of anilines is 2. The first kappa shape index (κ1) is 25.1. The van der Waals surface area contributed by atoms with Crippen molar-refractivity contribution in [3.63, 3.8) is 0 Å². The molecule has 0 atom stereocenters. The highest BCUT2D eigenvalue weighted by Crippen LogP contribution is 2.11. The molecule has 0 radical (unpaired) electrons. The van der Waals surface area contributed by atoms with Gasteiger partial charge in [0.15, 0.2) is 6.04 Å². The minimum atomic E-state index is -1.50. The van der Waals surface area contributed by atoms with Crippen LogP contribution in [0.3, 0.4) is 0 Å². The van der Waals surface area contributed by atoms with Crippen LogP contribution < -0.4 is 26.0 Å². The number of hydrazone groups is 2. The standard InChI is InChI=1S/C23H29N7O3/c1-16(31)26-21(22(32)27-24-14-17-6-10-19(11-7-17)29(2)3)23(33)28-25-15-18-8-12-20(13-9-18)30(4)5/h6-15,21H,1-5H3,(H,26,31)(H,27,32)(H,28,33)/b24-14-,25-15-. The van der Waals surface area contributed by atoms with E-state index in [2.05, 4.69) is 26.4 Å². The van der Waals surface area contributed by atoms with Crippen molar-refractivity contribution >= 4 is 41.5 Å². The molecule has 2 rings (SSSR count). The highest BCUT2D eigenvalue weighted by atomic mass is 16.2. The quantitative estimate of drug-likeness (QED) is 0.298. The number of rotatable bonds is 9. The van der Waals surface area contributed by atoms with Crippen molar-refractivity contribution in [2.45, 2.75) is 13.0 Å². The van der Waals surface area contributed by atoms with Gasteiger partial charge in [-0.2, -0.15) is 10.2 Å². The fourth-order valence-corrected chi connectivity index (χ4v) is 2.64. The van der Waals surface area contributed by atoms with Gasteiger partial charge >= 0.3 is 0 Å². The fourth-order valence-electron chi connectivity index (χ4n) is 2.64. The van der Waals surface area contributed by atoms with Gasteiger partial charge in [-0.05, 0) is 35.4 Å². The van der Waals surface area contributed by atoms with Gasteiger partial charge in [0.1, 0.15) is 0 Å². The van der Waals surface area contributed by atoms with Gasteiger partial charge in [-0.25, -0.2) is 10.9 Å². The summed E-state index contributed by atoms with van der Waals surface area (Å²) in [5.74, 6) is -2.14. The first-order chi connectivity index (χ1) is 15.7. The van der Waals surface area contributed by atoms with Crippen LogP contribution in [0.4, 0.5) is 11.4 Å². The van der Waals surface area contributed by atoms with Gasteiger partial charge in [0.25, 0.3) is 11.8 Å². The number of hydrogen-bond acceptors (Lipinski definition) is 7. The molecule has 0 aromatic heterocycles. The molecule has 0 bridgehead atoms. The zero-order valence-corrected chi connectivity index (χ0v) is 19.4. The zero-order valence-electron chi connectivity index (χ0n) is 19.4. The first-order valence-corrected chi connectivity index (χ1v) is 10.1. The van der Waals surface area contributed by atoms with E-state index in [0.29, 0.717) is 0 Å². The predicted molar refractivity (Wildman–Crippen MR) is 131 cm³/mol. The molecule has 3 amide bonds. The van der Waals surface area contributed by atoms with Crippen LogP contribution in [-0.2, 0) is 14.4 Å². The third kappa shape index (κ3) is 8.09. The van der Waals surface area contributed by atoms with Gasteiger partial charge in [0.2, 0.25) is 5.91 Å². The van der Waals surface area contributed by atoms with Gasteiger partial charge < -0.3 is 15.1 Å². The number of nitrogens with zero attached hydrogens (tertiary/aromatic N) is 4. The summed E-state index contributed by atoms with van der Waals surface area (Å²) in [7, 11) is 7.73. The first-order valence-electron chi connectivity index (χ1n) is 10.1. The fraction of sp³-hybridized carbons (Fsp3) is 0.261. The number of benzene rings is 2. The van der Waals surface area contributed by atoms with E-state index in [-0.39, 0.29) is 0 Å². The van der Waals surface area contributed by atoms with Crippen molar-refractivity contribution in [1.29, 1.82) is 0 Å². The normalized spacial score (nSPS) is 11.0. The van der Waals surface area contributed by atoms with Crippen LogP contribution in [0.2, 0.25) is 0 Å². The van der Waals surface area contributed by atoms with Gasteiger partial charge in [0.05, 0.1) is 12.4 Å². The Bertz CT molecular complexity index is 938. The second-order valence-corrected chi connectivity index (χ2v) is 7.57. The summed E-state index contributed by atoms with van der Waals surface area (Å²) in [5, 5.41) is 10.0. The van der Waals surface area contributed by atoms with E-state index < -0.39 is 23.8 Å². The lowest BCUT2D eigenvalue weighted by Crippen LogP contribution is -2.53. The molecule has 33 heavy (non-hydrogen) atoms. The molecule has 0 aliphatic carbocycles. The Morgan fingerprint density at radius 3 is 1.39 bits per heavy atom. The van der Waals surface area contributed by atoms with Crippen LogP contribution in [-0.4, -0.2) is 64.4 Å². The van der Waals surface area contributed by atoms with Crippen molar-refractivity contribution in [1.82, 2.24) is 16.2 Å². The lowest BCUT2D eigenvalue weighted by molar-refractivity contribution is -0.136. The number of carbonyl (C=O) groups is 3. The Hall–Kier alpha value is -4.21. The molecule has 174 valence electrons. The molecule has 0 saturated heterocycles. The van der Waals surface area contributed by atoms with Crippen LogP contribution in [0.1, 0.15) is 18.1 Å². The Morgan fingerprint density at radius 2 is 1.09 bits per heavy atom. The second-order valence-electron chi connectivity index (χ2n) is 7.57. The minimum absolute atomic E-state index is 0.545. The van der Waals surface area contributed by atoms with Crippen LogP contribution >= 0.6 is 0 Å². The molecule has 0 aliphatic rings. The average molecular weight is 452 g/mol. The smallest absolute Gasteiger partial charge is 0.272 e. The summed E-state index contributed by atoms with van der Waals surface area (Å²) in [4.78, 5) is 40.2. The van der Waals surface area contributed by atoms with Crippen LogP contribution in [0, 0.1) is 0 Å². The molecule has 10 heteroatoms. The van der Waals surface area contributed by atoms with E-state index in [1.807, 2.05) is 86.5 Å². The predicted octanol–water partition coefficient (Wildman–Crippen LogP) is 0.924. The highest BCUT2D eigenvalue weighted by molar-refractivity contribution is 6.07. The number of nitrogens with one attached hydrogen (secondary N) is 3. The van der Waals surface area contributed by atoms with Gasteiger partial charge in [-0.3, -0.25) is 14.4 Å². The van der Waals surface area contributed by atoms with Crippen molar-refractivity contribution in [2.24, 2.45) is 10.2 Å². The highest BCUT2D eigenvalue weighted by Gasteiger charge is 2.27. The number of hydrogen-bond donors (Lipinski definition) is 3. The summed E-state index contributed by atoms with van der Waals surface area (Å²) < 4.78 is 0. The second kappa shape index (κ2) is 12.0. The van der Waals surface area contributed by atoms with Gasteiger partial charge in [-0.1, -0.05) is 24.3 Å².